The first kappa shape index (κ1) is 19.4. The molecule has 4 N–H and O–H groups in total. The molecule has 1 amide bonds. The van der Waals surface area contributed by atoms with Gasteiger partial charge in [0.25, 0.3) is 0 Å². The van der Waals surface area contributed by atoms with Crippen molar-refractivity contribution in [3.63, 3.8) is 0 Å². The summed E-state index contributed by atoms with van der Waals surface area (Å²) in [6.45, 7) is 3.30. The number of carbonyl (C=O) groups excluding carboxylic acids is 1. The summed E-state index contributed by atoms with van der Waals surface area (Å²) in [5.74, 6) is 5.13. The van der Waals surface area contributed by atoms with E-state index in [9.17, 15) is 4.79 Å². The summed E-state index contributed by atoms with van der Waals surface area (Å²) in [5, 5.41) is 2.39. The van der Waals surface area contributed by atoms with Gasteiger partial charge in [-0.05, 0) is 6.92 Å². The Morgan fingerprint density at radius 1 is 1.33 bits per heavy atom. The van der Waals surface area contributed by atoms with E-state index in [0.717, 1.165) is 5.84 Å². The lowest BCUT2D eigenvalue weighted by Gasteiger charge is -1.96. The fourth-order valence-corrected chi connectivity index (χ4v) is 0.193. The second-order valence-electron chi connectivity index (χ2n) is 2.16. The van der Waals surface area contributed by atoms with Crippen LogP contribution < -0.4 is 16.7 Å². The molecule has 0 heterocycles. The molecule has 0 radical (unpaired) electrons. The van der Waals surface area contributed by atoms with Gasteiger partial charge in [0.2, 0.25) is 5.91 Å². The summed E-state index contributed by atoms with van der Waals surface area (Å²) in [4.78, 5) is 21.7. The van der Waals surface area contributed by atoms with Crippen LogP contribution in [0, 0.1) is 0 Å². The normalized spacial score (nSPS) is 8.87. The maximum Gasteiger partial charge on any atom is 0.216 e. The molecule has 15 heavy (non-hydrogen) atoms. The van der Waals surface area contributed by atoms with Crippen molar-refractivity contribution < 1.29 is 14.5 Å². The zero-order chi connectivity index (χ0) is 12.7. The Bertz CT molecular complexity index is 162. The Balaban J connectivity index is -0.000000158. The SMILES string of the molecule is CN=C(C)NOC.CNC(C)=O.CON. The zero-order valence-corrected chi connectivity index (χ0v) is 10.2. The predicted molar refractivity (Wildman–Crippen MR) is 60.1 cm³/mol. The van der Waals surface area contributed by atoms with Crippen LogP contribution in [0.3, 0.4) is 0 Å². The molecule has 0 fully saturated rings. The molecule has 0 aromatic rings. The van der Waals surface area contributed by atoms with Crippen LogP contribution in [0.15, 0.2) is 4.99 Å². The van der Waals surface area contributed by atoms with Crippen molar-refractivity contribution in [2.24, 2.45) is 10.9 Å². The first-order valence-corrected chi connectivity index (χ1v) is 4.13. The van der Waals surface area contributed by atoms with E-state index in [1.54, 1.807) is 21.2 Å². The summed E-state index contributed by atoms with van der Waals surface area (Å²) in [6, 6.07) is 0. The molecule has 0 spiro atoms. The number of nitrogens with zero attached hydrogens (tertiary/aromatic N) is 1. The maximum absolute atomic E-state index is 9.70. The highest BCUT2D eigenvalue weighted by Crippen LogP contribution is 1.63. The molecular weight excluding hydrogens is 200 g/mol. The predicted octanol–water partition coefficient (Wildman–Crippen LogP) is -0.556. The van der Waals surface area contributed by atoms with Crippen LogP contribution in [0.5, 0.6) is 0 Å². The van der Waals surface area contributed by atoms with E-state index < -0.39 is 0 Å². The Labute approximate surface area is 90.9 Å². The number of hydrogen-bond donors (Lipinski definition) is 3. The fourth-order valence-electron chi connectivity index (χ4n) is 0.193. The van der Waals surface area contributed by atoms with Gasteiger partial charge in [0.15, 0.2) is 0 Å². The minimum atomic E-state index is 0.00463. The number of aliphatic imine (C=N–C) groups is 1. The van der Waals surface area contributed by atoms with Crippen molar-refractivity contribution in [2.75, 3.05) is 28.3 Å². The van der Waals surface area contributed by atoms with Crippen LogP contribution in [0.25, 0.3) is 0 Å². The van der Waals surface area contributed by atoms with Gasteiger partial charge >= 0.3 is 0 Å². The van der Waals surface area contributed by atoms with Crippen molar-refractivity contribution in [3.8, 4) is 0 Å². The average Bonchev–Trinajstić information content (AvgIpc) is 2.20. The van der Waals surface area contributed by atoms with Gasteiger partial charge in [-0.1, -0.05) is 0 Å². The first-order chi connectivity index (χ1) is 6.99. The topological polar surface area (TPSA) is 98.0 Å². The van der Waals surface area contributed by atoms with Gasteiger partial charge in [0, 0.05) is 21.0 Å². The molecule has 0 aliphatic carbocycles. The Kier molecular flexibility index (Phi) is 24.0. The molecular formula is C8H22N4O3. The molecule has 0 aliphatic rings. The molecule has 0 aromatic carbocycles. The average molecular weight is 222 g/mol. The molecule has 0 saturated heterocycles. The van der Waals surface area contributed by atoms with E-state index in [4.69, 9.17) is 0 Å². The van der Waals surface area contributed by atoms with Gasteiger partial charge in [-0.15, -0.1) is 0 Å². The van der Waals surface area contributed by atoms with Crippen molar-refractivity contribution in [2.45, 2.75) is 13.8 Å². The summed E-state index contributed by atoms with van der Waals surface area (Å²) in [7, 11) is 6.25. The summed E-state index contributed by atoms with van der Waals surface area (Å²) in [5.41, 5.74) is 2.55. The first-order valence-electron chi connectivity index (χ1n) is 4.13. The van der Waals surface area contributed by atoms with Crippen LogP contribution in [0.1, 0.15) is 13.8 Å². The monoisotopic (exact) mass is 222 g/mol. The van der Waals surface area contributed by atoms with Crippen molar-refractivity contribution in [3.05, 3.63) is 0 Å². The van der Waals surface area contributed by atoms with Crippen LogP contribution in [0.2, 0.25) is 0 Å². The molecule has 92 valence electrons. The third-order valence-electron chi connectivity index (χ3n) is 0.937. The molecule has 0 atom stereocenters. The van der Waals surface area contributed by atoms with Gasteiger partial charge in [0.05, 0.1) is 14.2 Å². The van der Waals surface area contributed by atoms with E-state index >= 15 is 0 Å². The lowest BCUT2D eigenvalue weighted by molar-refractivity contribution is -0.118. The quantitative estimate of drug-likeness (QED) is 0.314. The molecule has 0 unspecified atom stereocenters. The molecule has 7 nitrogen and oxygen atoms in total. The zero-order valence-electron chi connectivity index (χ0n) is 10.2. The Hall–Kier alpha value is -1.18. The highest BCUT2D eigenvalue weighted by atomic mass is 16.6. The molecule has 0 rings (SSSR count). The lowest BCUT2D eigenvalue weighted by Crippen LogP contribution is -2.17. The fraction of sp³-hybridized carbons (Fsp3) is 0.750. The molecule has 7 heteroatoms. The van der Waals surface area contributed by atoms with E-state index in [1.165, 1.54) is 14.0 Å². The standard InChI is InChI=1S/C4H10N2O.C3H7NO.CH5NO/c1-4(5-2)6-7-3;1-3(5)4-2;1-3-2/h1-3H3,(H,5,6);1-2H3,(H,4,5);2H2,1H3. The second kappa shape index (κ2) is 18.6. The van der Waals surface area contributed by atoms with Crippen molar-refractivity contribution in [1.82, 2.24) is 10.8 Å². The molecule has 0 saturated carbocycles. The molecule has 0 bridgehead atoms. The minimum Gasteiger partial charge on any atom is -0.359 e. The largest absolute Gasteiger partial charge is 0.359 e. The number of amidine groups is 1. The number of carbonyl (C=O) groups is 1. The van der Waals surface area contributed by atoms with Crippen LogP contribution in [-0.2, 0) is 14.5 Å². The third kappa shape index (κ3) is 44.3. The molecule has 0 aliphatic heterocycles. The second-order valence-corrected chi connectivity index (χ2v) is 2.16. The number of rotatable bonds is 1. The number of hydrogen-bond acceptors (Lipinski definition) is 5. The van der Waals surface area contributed by atoms with E-state index in [-0.39, 0.29) is 5.91 Å². The number of hydroxylamine groups is 1. The van der Waals surface area contributed by atoms with E-state index in [0.29, 0.717) is 0 Å². The van der Waals surface area contributed by atoms with E-state index in [2.05, 4.69) is 31.4 Å². The summed E-state index contributed by atoms with van der Waals surface area (Å²) < 4.78 is 0. The van der Waals surface area contributed by atoms with Crippen molar-refractivity contribution >= 4 is 11.7 Å². The Morgan fingerprint density at radius 2 is 1.67 bits per heavy atom. The number of nitrogens with two attached hydrogens (primary N) is 1. The summed E-state index contributed by atoms with van der Waals surface area (Å²) >= 11 is 0. The maximum atomic E-state index is 9.70. The van der Waals surface area contributed by atoms with Gasteiger partial charge in [-0.3, -0.25) is 20.1 Å². The third-order valence-corrected chi connectivity index (χ3v) is 0.937. The summed E-state index contributed by atoms with van der Waals surface area (Å²) in [6.07, 6.45) is 0. The van der Waals surface area contributed by atoms with E-state index in [1.807, 2.05) is 6.92 Å². The Morgan fingerprint density at radius 3 is 1.73 bits per heavy atom. The smallest absolute Gasteiger partial charge is 0.216 e. The van der Waals surface area contributed by atoms with Crippen molar-refractivity contribution in [1.29, 1.82) is 0 Å². The lowest BCUT2D eigenvalue weighted by atomic mass is 10.7. The van der Waals surface area contributed by atoms with Gasteiger partial charge in [-0.25, -0.2) is 5.90 Å². The van der Waals surface area contributed by atoms with Crippen LogP contribution in [-0.4, -0.2) is 40.1 Å². The highest BCUT2D eigenvalue weighted by Gasteiger charge is 1.77. The molecule has 0 aromatic heterocycles. The van der Waals surface area contributed by atoms with Crippen LogP contribution in [0.4, 0.5) is 0 Å². The highest BCUT2D eigenvalue weighted by molar-refractivity contribution is 5.78. The number of nitrogens with one attached hydrogen (secondary N) is 2. The van der Waals surface area contributed by atoms with Gasteiger partial charge in [0.1, 0.15) is 5.84 Å². The van der Waals surface area contributed by atoms with Gasteiger partial charge < -0.3 is 10.2 Å². The van der Waals surface area contributed by atoms with Crippen LogP contribution >= 0.6 is 0 Å². The van der Waals surface area contributed by atoms with Gasteiger partial charge in [-0.2, -0.15) is 0 Å². The minimum absolute atomic E-state index is 0.00463. The number of amides is 1.